The first-order valence-corrected chi connectivity index (χ1v) is 9.71. The number of hydrogen-bond acceptors (Lipinski definition) is 0. The minimum Gasteiger partial charge on any atom is -1.00 e. The van der Waals surface area contributed by atoms with Crippen LogP contribution in [0.1, 0.15) is 71.1 Å². The molecule has 0 aromatic heterocycles. The smallest absolute Gasteiger partial charge is 0.0889 e. The van der Waals surface area contributed by atoms with Crippen LogP contribution in [0.15, 0.2) is 30.3 Å². The topological polar surface area (TPSA) is 0 Å². The molecule has 0 heterocycles. The average molecular weight is 359 g/mol. The number of unbranched alkanes of at least 4 members (excludes halogenated alkanes) is 9. The molecule has 1 rings (SSSR count). The Labute approximate surface area is 138 Å². The van der Waals surface area contributed by atoms with Gasteiger partial charge in [-0.3, -0.25) is 0 Å². The Hall–Kier alpha value is 0.130. The van der Waals surface area contributed by atoms with E-state index in [0.29, 0.717) is 8.58 Å². The molecule has 0 spiro atoms. The molecule has 1 aromatic rings. The first-order chi connectivity index (χ1) is 9.43. The van der Waals surface area contributed by atoms with E-state index in [9.17, 15) is 0 Å². The van der Waals surface area contributed by atoms with Gasteiger partial charge < -0.3 is 17.0 Å². The van der Waals surface area contributed by atoms with E-state index < -0.39 is 0 Å². The summed E-state index contributed by atoms with van der Waals surface area (Å²) in [6.45, 7) is 2.29. The van der Waals surface area contributed by atoms with Crippen molar-refractivity contribution in [3.63, 3.8) is 0 Å². The number of hydrogen-bond donors (Lipinski definition) is 0. The molecule has 2 heteroatoms. The highest BCUT2D eigenvalue weighted by Gasteiger charge is 1.98. The van der Waals surface area contributed by atoms with Crippen LogP contribution in [0.4, 0.5) is 0 Å². The Morgan fingerprint density at radius 1 is 0.700 bits per heavy atom. The minimum absolute atomic E-state index is 0. The van der Waals surface area contributed by atoms with Crippen molar-refractivity contribution in [2.24, 2.45) is 0 Å². The van der Waals surface area contributed by atoms with Gasteiger partial charge in [-0.2, -0.15) is 0 Å². The molecule has 0 saturated carbocycles. The maximum absolute atomic E-state index is 2.29. The van der Waals surface area contributed by atoms with Crippen molar-refractivity contribution in [1.29, 1.82) is 0 Å². The van der Waals surface area contributed by atoms with Crippen LogP contribution in [-0.2, 0) is 0 Å². The van der Waals surface area contributed by atoms with Crippen LogP contribution >= 0.6 is 8.58 Å². The van der Waals surface area contributed by atoms with Crippen molar-refractivity contribution >= 4 is 13.9 Å². The minimum atomic E-state index is 0. The summed E-state index contributed by atoms with van der Waals surface area (Å²) in [7, 11) is 0.526. The van der Waals surface area contributed by atoms with E-state index in [4.69, 9.17) is 0 Å². The maximum atomic E-state index is 2.29. The first kappa shape index (κ1) is 20.1. The summed E-state index contributed by atoms with van der Waals surface area (Å²) in [5.41, 5.74) is 0. The van der Waals surface area contributed by atoms with Gasteiger partial charge in [0.05, 0.1) is 11.5 Å². The molecule has 0 nitrogen and oxygen atoms in total. The summed E-state index contributed by atoms with van der Waals surface area (Å²) in [6.07, 6.45) is 15.9. The molecule has 0 saturated heterocycles. The fraction of sp³-hybridized carbons (Fsp3) is 0.667. The summed E-state index contributed by atoms with van der Waals surface area (Å²) in [6, 6.07) is 11.0. The van der Waals surface area contributed by atoms with E-state index in [0.717, 1.165) is 0 Å². The van der Waals surface area contributed by atoms with Gasteiger partial charge in [-0.05, 0) is 25.0 Å². The first-order valence-electron chi connectivity index (χ1n) is 8.31. The lowest BCUT2D eigenvalue weighted by atomic mass is 10.1. The largest absolute Gasteiger partial charge is 1.00 e. The third-order valence-electron chi connectivity index (χ3n) is 3.74. The fourth-order valence-corrected chi connectivity index (χ4v) is 3.81. The van der Waals surface area contributed by atoms with Gasteiger partial charge in [0.25, 0.3) is 0 Å². The second kappa shape index (κ2) is 15.5. The average Bonchev–Trinajstić information content (AvgIpc) is 2.46. The molecule has 0 aliphatic heterocycles. The molecule has 1 aromatic carbocycles. The Morgan fingerprint density at radius 3 is 1.75 bits per heavy atom. The lowest BCUT2D eigenvalue weighted by Crippen LogP contribution is -3.00. The quantitative estimate of drug-likeness (QED) is 0.398. The highest BCUT2D eigenvalue weighted by Crippen LogP contribution is 2.15. The predicted molar refractivity (Wildman–Crippen MR) is 92.5 cm³/mol. The summed E-state index contributed by atoms with van der Waals surface area (Å²) >= 11 is 0. The van der Waals surface area contributed by atoms with Crippen molar-refractivity contribution in [3.8, 4) is 0 Å². The lowest BCUT2D eigenvalue weighted by molar-refractivity contribution is -0.00000400. The summed E-state index contributed by atoms with van der Waals surface area (Å²) < 4.78 is 0. The van der Waals surface area contributed by atoms with Gasteiger partial charge in [0, 0.05) is 8.58 Å². The second-order valence-corrected chi connectivity index (χ2v) is 7.24. The van der Waals surface area contributed by atoms with E-state index in [1.165, 1.54) is 70.4 Å². The molecular weight excluding hydrogens is 327 g/mol. The van der Waals surface area contributed by atoms with E-state index in [1.807, 2.05) is 0 Å². The zero-order valence-corrected chi connectivity index (χ0v) is 15.9. The van der Waals surface area contributed by atoms with Crippen molar-refractivity contribution in [1.82, 2.24) is 0 Å². The summed E-state index contributed by atoms with van der Waals surface area (Å²) in [4.78, 5) is 0. The van der Waals surface area contributed by atoms with Crippen LogP contribution in [0.25, 0.3) is 0 Å². The van der Waals surface area contributed by atoms with Crippen LogP contribution in [0.5, 0.6) is 0 Å². The SMILES string of the molecule is CCCCCCCCCCCC[PH2+]c1ccccc1.[Br-]. The van der Waals surface area contributed by atoms with Gasteiger partial charge in [-0.15, -0.1) is 0 Å². The van der Waals surface area contributed by atoms with Gasteiger partial charge in [0.2, 0.25) is 0 Å². The van der Waals surface area contributed by atoms with Crippen molar-refractivity contribution < 1.29 is 17.0 Å². The Bertz CT molecular complexity index is 287. The highest BCUT2D eigenvalue weighted by atomic mass is 79.9. The molecule has 1 unspecified atom stereocenters. The Morgan fingerprint density at radius 2 is 1.20 bits per heavy atom. The zero-order valence-electron chi connectivity index (χ0n) is 13.1. The van der Waals surface area contributed by atoms with Gasteiger partial charge in [-0.1, -0.05) is 76.5 Å². The molecule has 0 bridgehead atoms. The summed E-state index contributed by atoms with van der Waals surface area (Å²) in [5, 5.41) is 1.58. The Kier molecular flexibility index (Phi) is 15.6. The van der Waals surface area contributed by atoms with E-state index in [1.54, 1.807) is 5.30 Å². The Balaban J connectivity index is 0.00000361. The molecule has 1 atom stereocenters. The van der Waals surface area contributed by atoms with E-state index in [-0.39, 0.29) is 17.0 Å². The summed E-state index contributed by atoms with van der Waals surface area (Å²) in [5.74, 6) is 0. The molecule has 116 valence electrons. The van der Waals surface area contributed by atoms with Gasteiger partial charge in [0.15, 0.2) is 0 Å². The third-order valence-corrected chi connectivity index (χ3v) is 5.29. The predicted octanol–water partition coefficient (Wildman–Crippen LogP) is 2.65. The molecule has 0 aliphatic carbocycles. The normalized spacial score (nSPS) is 10.8. The molecule has 0 N–H and O–H groups in total. The monoisotopic (exact) mass is 358 g/mol. The molecular formula is C18H32BrP. The number of benzene rings is 1. The van der Waals surface area contributed by atoms with E-state index in [2.05, 4.69) is 37.3 Å². The highest BCUT2D eigenvalue weighted by molar-refractivity contribution is 7.47. The van der Waals surface area contributed by atoms with E-state index >= 15 is 0 Å². The van der Waals surface area contributed by atoms with Crippen molar-refractivity contribution in [2.45, 2.75) is 71.1 Å². The standard InChI is InChI=1S/C18H31P.BrH/c1-2-3-4-5-6-7-8-9-10-14-17-19-18-15-12-11-13-16-18;/h11-13,15-16,19H,2-10,14,17H2,1H3;1H. The van der Waals surface area contributed by atoms with Gasteiger partial charge in [0.1, 0.15) is 0 Å². The molecule has 0 fully saturated rings. The number of halogens is 1. The van der Waals surface area contributed by atoms with Crippen LogP contribution in [0.2, 0.25) is 0 Å². The van der Waals surface area contributed by atoms with Crippen LogP contribution in [-0.4, -0.2) is 6.16 Å². The molecule has 20 heavy (non-hydrogen) atoms. The van der Waals surface area contributed by atoms with Crippen molar-refractivity contribution in [3.05, 3.63) is 30.3 Å². The van der Waals surface area contributed by atoms with Crippen LogP contribution in [0, 0.1) is 0 Å². The molecule has 0 amide bonds. The number of rotatable bonds is 12. The van der Waals surface area contributed by atoms with Crippen LogP contribution in [0.3, 0.4) is 0 Å². The van der Waals surface area contributed by atoms with Gasteiger partial charge in [-0.25, -0.2) is 0 Å². The molecule has 0 radical (unpaired) electrons. The fourth-order valence-electron chi connectivity index (χ4n) is 2.49. The van der Waals surface area contributed by atoms with Crippen molar-refractivity contribution in [2.75, 3.05) is 6.16 Å². The zero-order chi connectivity index (χ0) is 13.6. The van der Waals surface area contributed by atoms with Crippen LogP contribution < -0.4 is 22.3 Å². The third kappa shape index (κ3) is 11.9. The van der Waals surface area contributed by atoms with Gasteiger partial charge >= 0.3 is 0 Å². The second-order valence-electron chi connectivity index (χ2n) is 5.59. The molecule has 0 aliphatic rings. The lowest BCUT2D eigenvalue weighted by Gasteiger charge is -2.01. The maximum Gasteiger partial charge on any atom is 0.0889 e.